The van der Waals surface area contributed by atoms with Gasteiger partial charge in [-0.25, -0.2) is 23.2 Å². The van der Waals surface area contributed by atoms with Crippen LogP contribution in [0.5, 0.6) is 0 Å². The van der Waals surface area contributed by atoms with Crippen molar-refractivity contribution in [2.75, 3.05) is 12.1 Å². The summed E-state index contributed by atoms with van der Waals surface area (Å²) in [5, 5.41) is 8.89. The zero-order valence-corrected chi connectivity index (χ0v) is 13.7. The number of carboxylic acid groups (broad SMARTS) is 1. The number of benzene rings is 1. The number of hydrazine groups is 2. The number of alkyl halides is 3. The maximum atomic E-state index is 14.1. The number of hydrogen-bond acceptors (Lipinski definition) is 4. The van der Waals surface area contributed by atoms with Gasteiger partial charge in [-0.1, -0.05) is 11.6 Å². The Morgan fingerprint density at radius 3 is 2.58 bits per heavy atom. The van der Waals surface area contributed by atoms with Crippen molar-refractivity contribution in [2.24, 2.45) is 0 Å². The third-order valence-electron chi connectivity index (χ3n) is 3.41. The van der Waals surface area contributed by atoms with E-state index in [4.69, 9.17) is 28.3 Å². The number of carbonyl (C=O) groups excluding carboxylic acids is 1. The van der Waals surface area contributed by atoms with Crippen LogP contribution in [0.2, 0.25) is 5.02 Å². The van der Waals surface area contributed by atoms with Crippen molar-refractivity contribution >= 4 is 40.8 Å². The van der Waals surface area contributed by atoms with Crippen molar-refractivity contribution in [1.82, 2.24) is 10.5 Å². The molecule has 0 spiro atoms. The molecule has 0 radical (unpaired) electrons. The Bertz CT molecular complexity index is 677. The van der Waals surface area contributed by atoms with Crippen molar-refractivity contribution in [3.63, 3.8) is 0 Å². The Kier molecular flexibility index (Phi) is 5.59. The SMILES string of the molecule is CN1NN(c2cc(CC(Cl)C(=O)O)c(Cl)cc2F)C(=O)C1C(F)F. The fourth-order valence-electron chi connectivity index (χ4n) is 2.21. The maximum Gasteiger partial charge on any atom is 0.321 e. The zero-order chi connectivity index (χ0) is 18.2. The highest BCUT2D eigenvalue weighted by atomic mass is 35.5. The van der Waals surface area contributed by atoms with Crippen LogP contribution in [0.4, 0.5) is 18.9 Å². The normalized spacial score (nSPS) is 20.0. The second-order valence-electron chi connectivity index (χ2n) is 5.07. The summed E-state index contributed by atoms with van der Waals surface area (Å²) < 4.78 is 39.9. The van der Waals surface area contributed by atoms with E-state index >= 15 is 0 Å². The topological polar surface area (TPSA) is 72.9 Å². The van der Waals surface area contributed by atoms with E-state index in [1.165, 1.54) is 7.05 Å². The predicted molar refractivity (Wildman–Crippen MR) is 80.6 cm³/mol. The Morgan fingerprint density at radius 2 is 2.08 bits per heavy atom. The van der Waals surface area contributed by atoms with Gasteiger partial charge in [0.15, 0.2) is 6.04 Å². The molecule has 0 saturated carbocycles. The Hall–Kier alpha value is -1.55. The zero-order valence-electron chi connectivity index (χ0n) is 12.1. The van der Waals surface area contributed by atoms with Crippen LogP contribution in [0.15, 0.2) is 12.1 Å². The molecule has 2 unspecified atom stereocenters. The lowest BCUT2D eigenvalue weighted by Gasteiger charge is -2.19. The molecule has 6 nitrogen and oxygen atoms in total. The van der Waals surface area contributed by atoms with Gasteiger partial charge < -0.3 is 5.11 Å². The molecule has 1 aromatic rings. The standard InChI is InChI=1S/C13H12Cl2F3N3O3/c1-20-10(11(17)18)12(22)21(19-20)9-3-5(2-7(15)13(23)24)6(14)4-8(9)16/h3-4,7,10-11,19H,2H2,1H3,(H,23,24). The van der Waals surface area contributed by atoms with Crippen molar-refractivity contribution in [3.05, 3.63) is 28.5 Å². The number of nitrogens with zero attached hydrogens (tertiary/aromatic N) is 2. The molecule has 11 heteroatoms. The molecule has 2 N–H and O–H groups in total. The molecule has 132 valence electrons. The smallest absolute Gasteiger partial charge is 0.321 e. The average molecular weight is 386 g/mol. The van der Waals surface area contributed by atoms with E-state index in [0.717, 1.165) is 17.1 Å². The second kappa shape index (κ2) is 7.14. The van der Waals surface area contributed by atoms with Gasteiger partial charge >= 0.3 is 5.97 Å². The van der Waals surface area contributed by atoms with Gasteiger partial charge in [-0.05, 0) is 17.7 Å². The lowest BCUT2D eigenvalue weighted by molar-refractivity contribution is -0.136. The summed E-state index contributed by atoms with van der Waals surface area (Å²) in [4.78, 5) is 22.9. The molecule has 1 amide bonds. The minimum Gasteiger partial charge on any atom is -0.480 e. The molecule has 1 heterocycles. The minimum absolute atomic E-state index is 0.0893. The van der Waals surface area contributed by atoms with Gasteiger partial charge in [-0.2, -0.15) is 5.53 Å². The summed E-state index contributed by atoms with van der Waals surface area (Å²) in [6.45, 7) is 0. The first-order valence-electron chi connectivity index (χ1n) is 6.59. The Morgan fingerprint density at radius 1 is 1.46 bits per heavy atom. The number of hydrogen-bond donors (Lipinski definition) is 2. The minimum atomic E-state index is -2.98. The van der Waals surface area contributed by atoms with E-state index in [1.54, 1.807) is 0 Å². The summed E-state index contributed by atoms with van der Waals surface area (Å²) in [5.41, 5.74) is 2.12. The van der Waals surface area contributed by atoms with Crippen LogP contribution in [0, 0.1) is 5.82 Å². The predicted octanol–water partition coefficient (Wildman–Crippen LogP) is 2.05. The van der Waals surface area contributed by atoms with Crippen molar-refractivity contribution in [3.8, 4) is 0 Å². The molecule has 0 bridgehead atoms. The van der Waals surface area contributed by atoms with E-state index in [-0.39, 0.29) is 22.7 Å². The number of halogens is 5. The molecular weight excluding hydrogens is 374 g/mol. The van der Waals surface area contributed by atoms with E-state index in [9.17, 15) is 22.8 Å². The molecular formula is C13H12Cl2F3N3O3. The van der Waals surface area contributed by atoms with Gasteiger partial charge in [0.2, 0.25) is 0 Å². The van der Waals surface area contributed by atoms with Gasteiger partial charge in [-0.3, -0.25) is 9.59 Å². The first-order valence-corrected chi connectivity index (χ1v) is 7.41. The number of nitrogens with one attached hydrogen (secondary N) is 1. The van der Waals surface area contributed by atoms with Crippen LogP contribution >= 0.6 is 23.2 Å². The van der Waals surface area contributed by atoms with Crippen LogP contribution in [0.1, 0.15) is 5.56 Å². The molecule has 24 heavy (non-hydrogen) atoms. The highest BCUT2D eigenvalue weighted by Gasteiger charge is 2.44. The largest absolute Gasteiger partial charge is 0.480 e. The van der Waals surface area contributed by atoms with Crippen LogP contribution < -0.4 is 10.5 Å². The fourth-order valence-corrected chi connectivity index (χ4v) is 2.60. The lowest BCUT2D eigenvalue weighted by atomic mass is 10.1. The Balaban J connectivity index is 2.37. The summed E-state index contributed by atoms with van der Waals surface area (Å²) in [5.74, 6) is -3.29. The first kappa shape index (κ1) is 18.8. The van der Waals surface area contributed by atoms with E-state index < -0.39 is 35.5 Å². The van der Waals surface area contributed by atoms with Gasteiger partial charge in [0.05, 0.1) is 5.69 Å². The number of carboxylic acids is 1. The van der Waals surface area contributed by atoms with Gasteiger partial charge in [0.1, 0.15) is 11.2 Å². The van der Waals surface area contributed by atoms with Crippen LogP contribution in [-0.2, 0) is 16.0 Å². The number of carbonyl (C=O) groups is 2. The van der Waals surface area contributed by atoms with E-state index in [0.29, 0.717) is 5.01 Å². The number of rotatable bonds is 5. The highest BCUT2D eigenvalue weighted by molar-refractivity contribution is 6.32. The third kappa shape index (κ3) is 3.59. The van der Waals surface area contributed by atoms with Gasteiger partial charge in [0.25, 0.3) is 12.3 Å². The Labute approximate surface area is 144 Å². The summed E-state index contributed by atoms with van der Waals surface area (Å²) in [6, 6.07) is 0.189. The number of amides is 1. The van der Waals surface area contributed by atoms with Crippen LogP contribution in [0.3, 0.4) is 0 Å². The third-order valence-corrected chi connectivity index (χ3v) is 4.10. The summed E-state index contributed by atoms with van der Waals surface area (Å²) >= 11 is 11.5. The maximum absolute atomic E-state index is 14.1. The number of aliphatic carboxylic acids is 1. The fraction of sp³-hybridized carbons (Fsp3) is 0.385. The molecule has 1 saturated heterocycles. The first-order chi connectivity index (χ1) is 11.1. The second-order valence-corrected chi connectivity index (χ2v) is 6.00. The molecule has 1 aromatic carbocycles. The summed E-state index contributed by atoms with van der Waals surface area (Å²) in [7, 11) is 1.21. The van der Waals surface area contributed by atoms with E-state index in [1.807, 2.05) is 0 Å². The molecule has 1 fully saturated rings. The van der Waals surface area contributed by atoms with Crippen LogP contribution in [-0.4, -0.2) is 46.9 Å². The molecule has 0 aromatic heterocycles. The van der Waals surface area contributed by atoms with Crippen molar-refractivity contribution < 1.29 is 27.9 Å². The average Bonchev–Trinajstić information content (AvgIpc) is 2.76. The lowest BCUT2D eigenvalue weighted by Crippen LogP contribution is -2.40. The summed E-state index contributed by atoms with van der Waals surface area (Å²) in [6.07, 6.45) is -3.21. The molecule has 1 aliphatic heterocycles. The van der Waals surface area contributed by atoms with Crippen molar-refractivity contribution in [1.29, 1.82) is 0 Å². The highest BCUT2D eigenvalue weighted by Crippen LogP contribution is 2.30. The number of anilines is 1. The number of likely N-dealkylation sites (N-methyl/N-ethyl adjacent to an activating group) is 1. The van der Waals surface area contributed by atoms with Crippen LogP contribution in [0.25, 0.3) is 0 Å². The molecule has 2 rings (SSSR count). The molecule has 1 aliphatic rings. The quantitative estimate of drug-likeness (QED) is 0.758. The van der Waals surface area contributed by atoms with Gasteiger partial charge in [-0.15, -0.1) is 11.6 Å². The van der Waals surface area contributed by atoms with Gasteiger partial charge in [0, 0.05) is 18.5 Å². The van der Waals surface area contributed by atoms with Crippen molar-refractivity contribution in [2.45, 2.75) is 24.3 Å². The molecule has 0 aliphatic carbocycles. The van der Waals surface area contributed by atoms with E-state index in [2.05, 4.69) is 5.53 Å². The molecule has 2 atom stereocenters. The monoisotopic (exact) mass is 385 g/mol.